The average molecular weight is 327 g/mol. The molecule has 0 aliphatic heterocycles. The monoisotopic (exact) mass is 327 g/mol. The van der Waals surface area contributed by atoms with E-state index >= 15 is 0 Å². The number of rotatable bonds is 6. The molecule has 0 aliphatic carbocycles. The van der Waals surface area contributed by atoms with Crippen LogP contribution in [0.25, 0.3) is 4.85 Å². The van der Waals surface area contributed by atoms with Gasteiger partial charge in [0.15, 0.2) is 11.8 Å². The Balaban J connectivity index is 3.23. The first kappa shape index (κ1) is 18.7. The highest BCUT2D eigenvalue weighted by atomic mass is 19.4. The van der Waals surface area contributed by atoms with E-state index in [9.17, 15) is 23.5 Å². The molecule has 1 aromatic heterocycles. The van der Waals surface area contributed by atoms with Crippen molar-refractivity contribution in [3.63, 3.8) is 0 Å². The number of nitriles is 1. The maximum Gasteiger partial charge on any atom is 0.389 e. The van der Waals surface area contributed by atoms with Crippen molar-refractivity contribution in [3.8, 4) is 6.07 Å². The first-order chi connectivity index (χ1) is 10.5. The van der Waals surface area contributed by atoms with Crippen LogP contribution in [0.5, 0.6) is 0 Å². The fourth-order valence-corrected chi connectivity index (χ4v) is 2.05. The van der Waals surface area contributed by atoms with Gasteiger partial charge in [-0.15, -0.1) is 6.58 Å². The average Bonchev–Trinajstić information content (AvgIpc) is 2.92. The van der Waals surface area contributed by atoms with Crippen LogP contribution >= 0.6 is 0 Å². The van der Waals surface area contributed by atoms with Gasteiger partial charge in [0.05, 0.1) is 6.42 Å². The molecular weight excluding hydrogens is 311 g/mol. The van der Waals surface area contributed by atoms with Gasteiger partial charge in [-0.05, 0) is 13.8 Å². The second-order valence-corrected chi connectivity index (χ2v) is 5.65. The van der Waals surface area contributed by atoms with E-state index in [1.807, 2.05) is 0 Å². The molecule has 0 bridgehead atoms. The molecule has 0 amide bonds. The summed E-state index contributed by atoms with van der Waals surface area (Å²) in [6.45, 7) is 13.6. The van der Waals surface area contributed by atoms with Gasteiger partial charge in [0.1, 0.15) is 17.2 Å². The van der Waals surface area contributed by atoms with Gasteiger partial charge in [0.2, 0.25) is 0 Å². The minimum Gasteiger partial charge on any atom is -0.382 e. The molecule has 8 heteroatoms. The van der Waals surface area contributed by atoms with Gasteiger partial charge in [-0.2, -0.15) is 18.4 Å². The van der Waals surface area contributed by atoms with E-state index in [0.29, 0.717) is 0 Å². The fraction of sp³-hybridized carbons (Fsp3) is 0.533. The van der Waals surface area contributed by atoms with Gasteiger partial charge in [-0.1, -0.05) is 11.2 Å². The molecule has 0 radical (unpaired) electrons. The largest absolute Gasteiger partial charge is 0.389 e. The fourth-order valence-electron chi connectivity index (χ4n) is 2.05. The Kier molecular flexibility index (Phi) is 5.24. The van der Waals surface area contributed by atoms with Crippen LogP contribution in [0.15, 0.2) is 23.2 Å². The predicted molar refractivity (Wildman–Crippen MR) is 74.9 cm³/mol. The molecular formula is C15H16F3N3O2. The van der Waals surface area contributed by atoms with E-state index in [0.717, 1.165) is 0 Å². The lowest BCUT2D eigenvalue weighted by Crippen LogP contribution is -2.32. The summed E-state index contributed by atoms with van der Waals surface area (Å²) in [5.41, 5.74) is -3.27. The zero-order chi connectivity index (χ0) is 17.9. The maximum atomic E-state index is 12.5. The van der Waals surface area contributed by atoms with E-state index in [-0.39, 0.29) is 11.5 Å². The standard InChI is InChI=1S/C15H16F3N3O2/c1-5-10(11-8-12(23-21-11)13(2,3)22)14(9-19,20-4)6-7-15(16,17)18/h5,8,10,22H,1,6-7H2,2-3H3. The molecule has 0 saturated heterocycles. The van der Waals surface area contributed by atoms with Crippen molar-refractivity contribution in [2.45, 2.75) is 49.9 Å². The molecule has 0 aliphatic rings. The quantitative estimate of drug-likeness (QED) is 0.638. The number of hydrogen-bond donors (Lipinski definition) is 1. The Morgan fingerprint density at radius 3 is 2.48 bits per heavy atom. The van der Waals surface area contributed by atoms with Crippen molar-refractivity contribution in [1.82, 2.24) is 5.16 Å². The first-order valence-corrected chi connectivity index (χ1v) is 6.68. The first-order valence-electron chi connectivity index (χ1n) is 6.68. The molecule has 23 heavy (non-hydrogen) atoms. The maximum absolute atomic E-state index is 12.5. The van der Waals surface area contributed by atoms with Crippen LogP contribution in [0.1, 0.15) is 44.1 Å². The van der Waals surface area contributed by atoms with Crippen LogP contribution in [0.4, 0.5) is 13.2 Å². The van der Waals surface area contributed by atoms with Crippen LogP contribution < -0.4 is 0 Å². The Hall–Kier alpha value is -2.32. The van der Waals surface area contributed by atoms with Crippen molar-refractivity contribution in [2.24, 2.45) is 0 Å². The van der Waals surface area contributed by atoms with E-state index in [4.69, 9.17) is 11.1 Å². The van der Waals surface area contributed by atoms with Gasteiger partial charge >= 0.3 is 11.7 Å². The van der Waals surface area contributed by atoms with Gasteiger partial charge in [-0.3, -0.25) is 4.85 Å². The highest BCUT2D eigenvalue weighted by Gasteiger charge is 2.49. The van der Waals surface area contributed by atoms with E-state index in [1.165, 1.54) is 26.0 Å². The highest BCUT2D eigenvalue weighted by molar-refractivity contribution is 5.33. The highest BCUT2D eigenvalue weighted by Crippen LogP contribution is 2.39. The number of alkyl halides is 3. The third-order valence-corrected chi connectivity index (χ3v) is 3.38. The molecule has 0 spiro atoms. The van der Waals surface area contributed by atoms with Crippen LogP contribution in [-0.2, 0) is 5.60 Å². The summed E-state index contributed by atoms with van der Waals surface area (Å²) in [5, 5.41) is 22.8. The Morgan fingerprint density at radius 2 is 2.13 bits per heavy atom. The molecule has 1 rings (SSSR count). The lowest BCUT2D eigenvalue weighted by molar-refractivity contribution is -0.136. The molecule has 1 N–H and O–H groups in total. The Bertz CT molecular complexity index is 631. The van der Waals surface area contributed by atoms with Crippen LogP contribution in [0.3, 0.4) is 0 Å². The van der Waals surface area contributed by atoms with E-state index in [1.54, 1.807) is 6.07 Å². The molecule has 2 atom stereocenters. The zero-order valence-corrected chi connectivity index (χ0v) is 12.7. The summed E-state index contributed by atoms with van der Waals surface area (Å²) in [7, 11) is 0. The molecule has 5 nitrogen and oxygen atoms in total. The number of aromatic nitrogens is 1. The van der Waals surface area contributed by atoms with Crippen LogP contribution in [0.2, 0.25) is 0 Å². The van der Waals surface area contributed by atoms with Crippen molar-refractivity contribution in [1.29, 1.82) is 5.26 Å². The third-order valence-electron chi connectivity index (χ3n) is 3.38. The van der Waals surface area contributed by atoms with Gasteiger partial charge in [0.25, 0.3) is 0 Å². The number of nitrogens with zero attached hydrogens (tertiary/aromatic N) is 3. The minimum atomic E-state index is -4.49. The lowest BCUT2D eigenvalue weighted by atomic mass is 9.79. The predicted octanol–water partition coefficient (Wildman–Crippen LogP) is 3.70. The third kappa shape index (κ3) is 4.33. The topological polar surface area (TPSA) is 74.4 Å². The van der Waals surface area contributed by atoms with Gasteiger partial charge in [-0.25, -0.2) is 6.57 Å². The Labute approximate surface area is 131 Å². The number of aliphatic hydroxyl groups is 1. The summed E-state index contributed by atoms with van der Waals surface area (Å²) in [5.74, 6) is -1.00. The van der Waals surface area contributed by atoms with E-state index < -0.39 is 36.1 Å². The summed E-state index contributed by atoms with van der Waals surface area (Å²) < 4.78 is 42.4. The van der Waals surface area contributed by atoms with Crippen molar-refractivity contribution >= 4 is 0 Å². The van der Waals surface area contributed by atoms with Crippen molar-refractivity contribution in [2.75, 3.05) is 0 Å². The van der Waals surface area contributed by atoms with Crippen molar-refractivity contribution < 1.29 is 22.8 Å². The molecule has 124 valence electrons. The Morgan fingerprint density at radius 1 is 1.52 bits per heavy atom. The minimum absolute atomic E-state index is 0.0759. The van der Waals surface area contributed by atoms with Gasteiger partial charge < -0.3 is 9.63 Å². The summed E-state index contributed by atoms with van der Waals surface area (Å²) in [6, 6.07) is 2.98. The normalized spacial score (nSPS) is 16.0. The SMILES string of the molecule is [C-]#[N+]C(C#N)(CCC(F)(F)F)C(C=C)c1cc(C(C)(C)O)on1. The second kappa shape index (κ2) is 6.43. The van der Waals surface area contributed by atoms with Crippen LogP contribution in [-0.4, -0.2) is 22.0 Å². The summed E-state index contributed by atoms with van der Waals surface area (Å²) in [6.07, 6.45) is -5.27. The van der Waals surface area contributed by atoms with E-state index in [2.05, 4.69) is 16.6 Å². The van der Waals surface area contributed by atoms with Crippen molar-refractivity contribution in [3.05, 3.63) is 41.6 Å². The molecule has 1 heterocycles. The number of halogens is 3. The molecule has 0 fully saturated rings. The van der Waals surface area contributed by atoms with Gasteiger partial charge in [0, 0.05) is 12.5 Å². The molecule has 1 aromatic rings. The summed E-state index contributed by atoms with van der Waals surface area (Å²) >= 11 is 0. The lowest BCUT2D eigenvalue weighted by Gasteiger charge is -2.21. The zero-order valence-electron chi connectivity index (χ0n) is 12.7. The molecule has 0 aromatic carbocycles. The van der Waals surface area contributed by atoms with Crippen LogP contribution in [0, 0.1) is 17.9 Å². The summed E-state index contributed by atoms with van der Waals surface area (Å²) in [4.78, 5) is 3.13. The number of hydrogen-bond acceptors (Lipinski definition) is 4. The second-order valence-electron chi connectivity index (χ2n) is 5.65. The molecule has 0 saturated carbocycles. The smallest absolute Gasteiger partial charge is 0.382 e. The molecule has 2 unspecified atom stereocenters.